The molecule has 2 heterocycles. The smallest absolute Gasteiger partial charge is 0.186 e. The van der Waals surface area contributed by atoms with E-state index in [9.17, 15) is 0 Å². The minimum Gasteiger partial charge on any atom is -0.380 e. The van der Waals surface area contributed by atoms with Crippen molar-refractivity contribution in [1.29, 1.82) is 0 Å². The van der Waals surface area contributed by atoms with Gasteiger partial charge in [-0.2, -0.15) is 5.11 Å². The molecule has 0 radical (unpaired) electrons. The molecule has 0 atom stereocenters. The maximum Gasteiger partial charge on any atom is 0.186 e. The van der Waals surface area contributed by atoms with Crippen LogP contribution in [0.25, 0.3) is 28.6 Å². The summed E-state index contributed by atoms with van der Waals surface area (Å²) >= 11 is 0. The van der Waals surface area contributed by atoms with Crippen LogP contribution in [0.5, 0.6) is 0 Å². The molecule has 2 aromatic heterocycles. The molecule has 6 nitrogen and oxygen atoms in total. The highest BCUT2D eigenvalue weighted by molar-refractivity contribution is 5.89. The summed E-state index contributed by atoms with van der Waals surface area (Å²) in [5.41, 5.74) is 15.9. The largest absolute Gasteiger partial charge is 0.380 e. The van der Waals surface area contributed by atoms with Crippen LogP contribution in [-0.4, -0.2) is 14.6 Å². The molecule has 0 saturated carbocycles. The molecule has 35 heavy (non-hydrogen) atoms. The number of azo groups is 1. The Bertz CT molecular complexity index is 1600. The third kappa shape index (κ3) is 3.89. The first kappa shape index (κ1) is 21.0. The van der Waals surface area contributed by atoms with Crippen molar-refractivity contribution in [3.05, 3.63) is 107 Å². The molecular weight excluding hydrogens is 432 g/mol. The van der Waals surface area contributed by atoms with Crippen molar-refractivity contribution in [3.63, 3.8) is 0 Å². The fourth-order valence-corrected chi connectivity index (χ4v) is 4.64. The van der Waals surface area contributed by atoms with Gasteiger partial charge in [0.05, 0.1) is 17.1 Å². The number of anilines is 1. The normalized spacial score (nSPS) is 14.3. The van der Waals surface area contributed by atoms with Gasteiger partial charge in [-0.05, 0) is 54.7 Å². The molecular formula is C29H24N6. The number of aromatic nitrogens is 3. The van der Waals surface area contributed by atoms with Crippen LogP contribution in [0.3, 0.4) is 0 Å². The van der Waals surface area contributed by atoms with Crippen LogP contribution in [0.1, 0.15) is 28.8 Å². The first-order valence-electron chi connectivity index (χ1n) is 11.7. The lowest BCUT2D eigenvalue weighted by Crippen LogP contribution is -2.03. The number of nitrogen functional groups attached to an aromatic ring is 1. The molecule has 2 N–H and O–H groups in total. The Hall–Kier alpha value is -4.58. The zero-order valence-electron chi connectivity index (χ0n) is 19.4. The quantitative estimate of drug-likeness (QED) is 0.291. The molecule has 170 valence electrons. The number of nitrogens with zero attached hydrogens (tertiary/aromatic N) is 5. The van der Waals surface area contributed by atoms with E-state index in [0.29, 0.717) is 17.2 Å². The van der Waals surface area contributed by atoms with Gasteiger partial charge >= 0.3 is 0 Å². The molecule has 0 unspecified atom stereocenters. The fourth-order valence-electron chi connectivity index (χ4n) is 4.64. The maximum absolute atomic E-state index is 6.37. The van der Waals surface area contributed by atoms with Crippen molar-refractivity contribution < 1.29 is 0 Å². The topological polar surface area (TPSA) is 80.9 Å². The second-order valence-electron chi connectivity index (χ2n) is 8.74. The SMILES string of the molecule is Cc1cccc(N=Nc2c(N)nn3c(-c4ccccc4)c4c(nc23)/C(=C/c2ccccc2)CC4)c1. The number of hydrogen-bond acceptors (Lipinski definition) is 5. The minimum absolute atomic E-state index is 0.309. The second-order valence-corrected chi connectivity index (χ2v) is 8.74. The predicted octanol–water partition coefficient (Wildman–Crippen LogP) is 7.19. The van der Waals surface area contributed by atoms with Gasteiger partial charge in [0.2, 0.25) is 0 Å². The molecule has 1 aliphatic carbocycles. The third-order valence-corrected chi connectivity index (χ3v) is 6.27. The zero-order chi connectivity index (χ0) is 23.8. The van der Waals surface area contributed by atoms with E-state index >= 15 is 0 Å². The number of fused-ring (bicyclic) bond motifs is 2. The Morgan fingerprint density at radius 2 is 1.66 bits per heavy atom. The van der Waals surface area contributed by atoms with Gasteiger partial charge in [-0.25, -0.2) is 9.50 Å². The molecule has 0 amide bonds. The van der Waals surface area contributed by atoms with Crippen molar-refractivity contribution in [2.75, 3.05) is 5.73 Å². The Kier molecular flexibility index (Phi) is 5.19. The summed E-state index contributed by atoms with van der Waals surface area (Å²) in [5.74, 6) is 0.309. The molecule has 6 heteroatoms. The number of aryl methyl sites for hydroxylation is 1. The highest BCUT2D eigenvalue weighted by Crippen LogP contribution is 2.41. The third-order valence-electron chi connectivity index (χ3n) is 6.27. The van der Waals surface area contributed by atoms with Crippen molar-refractivity contribution in [1.82, 2.24) is 14.6 Å². The fraction of sp³-hybridized carbons (Fsp3) is 0.103. The van der Waals surface area contributed by atoms with E-state index in [4.69, 9.17) is 10.7 Å². The first-order valence-corrected chi connectivity index (χ1v) is 11.7. The number of rotatable bonds is 4. The Labute approximate surface area is 203 Å². The molecule has 5 aromatic rings. The second kappa shape index (κ2) is 8.65. The van der Waals surface area contributed by atoms with Crippen molar-refractivity contribution in [3.8, 4) is 11.3 Å². The first-order chi connectivity index (χ1) is 17.2. The summed E-state index contributed by atoms with van der Waals surface area (Å²) < 4.78 is 1.83. The minimum atomic E-state index is 0.309. The van der Waals surface area contributed by atoms with E-state index < -0.39 is 0 Å². The summed E-state index contributed by atoms with van der Waals surface area (Å²) in [6.45, 7) is 2.03. The molecule has 0 saturated heterocycles. The average molecular weight is 457 g/mol. The summed E-state index contributed by atoms with van der Waals surface area (Å²) in [5, 5.41) is 13.6. The summed E-state index contributed by atoms with van der Waals surface area (Å²) in [6.07, 6.45) is 4.03. The standard InChI is InChI=1S/C29H24N6/c1-19-9-8-14-23(17-19)32-33-26-28(30)34-35-27(21-12-6-3-7-13-21)24-16-15-22(25(24)31-29(26)35)18-20-10-4-2-5-11-20/h2-14,17-18H,15-16H2,1H3,(H2,30,34)/b22-18+,33-32?. The van der Waals surface area contributed by atoms with E-state index in [0.717, 1.165) is 46.6 Å². The van der Waals surface area contributed by atoms with Gasteiger partial charge in [0.25, 0.3) is 0 Å². The number of nitrogens with two attached hydrogens (primary N) is 1. The van der Waals surface area contributed by atoms with Crippen LogP contribution in [0, 0.1) is 6.92 Å². The number of hydrogen-bond donors (Lipinski definition) is 1. The average Bonchev–Trinajstić information content (AvgIpc) is 3.42. The van der Waals surface area contributed by atoms with Gasteiger partial charge in [-0.15, -0.1) is 10.2 Å². The van der Waals surface area contributed by atoms with Crippen molar-refractivity contribution >= 4 is 34.5 Å². The highest BCUT2D eigenvalue weighted by Gasteiger charge is 2.27. The maximum atomic E-state index is 6.37. The summed E-state index contributed by atoms with van der Waals surface area (Å²) in [6, 6.07) is 28.5. The van der Waals surface area contributed by atoms with Gasteiger partial charge in [0.15, 0.2) is 17.2 Å². The molecule has 1 aliphatic rings. The number of allylic oxidation sites excluding steroid dienone is 1. The van der Waals surface area contributed by atoms with Crippen LogP contribution in [0.4, 0.5) is 17.2 Å². The Balaban J connectivity index is 1.57. The van der Waals surface area contributed by atoms with Crippen molar-refractivity contribution in [2.45, 2.75) is 19.8 Å². The molecule has 3 aromatic carbocycles. The summed E-state index contributed by atoms with van der Waals surface area (Å²) in [7, 11) is 0. The van der Waals surface area contributed by atoms with Crippen LogP contribution in [0.2, 0.25) is 0 Å². The Morgan fingerprint density at radius 1 is 0.886 bits per heavy atom. The van der Waals surface area contributed by atoms with Gasteiger partial charge in [-0.3, -0.25) is 0 Å². The lowest BCUT2D eigenvalue weighted by molar-refractivity contribution is 0.928. The van der Waals surface area contributed by atoms with E-state index in [2.05, 4.69) is 57.8 Å². The van der Waals surface area contributed by atoms with E-state index in [-0.39, 0.29) is 0 Å². The lowest BCUT2D eigenvalue weighted by Gasteiger charge is -2.11. The van der Waals surface area contributed by atoms with E-state index in [1.54, 1.807) is 0 Å². The monoisotopic (exact) mass is 456 g/mol. The predicted molar refractivity (Wildman–Crippen MR) is 141 cm³/mol. The Morgan fingerprint density at radius 3 is 2.43 bits per heavy atom. The van der Waals surface area contributed by atoms with E-state index in [1.165, 1.54) is 11.1 Å². The van der Waals surface area contributed by atoms with Gasteiger partial charge in [0.1, 0.15) is 0 Å². The lowest BCUT2D eigenvalue weighted by atomic mass is 10.0. The van der Waals surface area contributed by atoms with Crippen LogP contribution in [0.15, 0.2) is 95.2 Å². The summed E-state index contributed by atoms with van der Waals surface area (Å²) in [4.78, 5) is 5.07. The number of benzene rings is 3. The highest BCUT2D eigenvalue weighted by atomic mass is 15.3. The van der Waals surface area contributed by atoms with Crippen molar-refractivity contribution in [2.24, 2.45) is 10.2 Å². The van der Waals surface area contributed by atoms with Gasteiger partial charge in [-0.1, -0.05) is 72.8 Å². The molecule has 0 bridgehead atoms. The molecule has 6 rings (SSSR count). The van der Waals surface area contributed by atoms with Crippen LogP contribution in [-0.2, 0) is 6.42 Å². The van der Waals surface area contributed by atoms with Gasteiger partial charge < -0.3 is 5.73 Å². The zero-order valence-corrected chi connectivity index (χ0v) is 19.4. The van der Waals surface area contributed by atoms with Gasteiger partial charge in [0, 0.05) is 11.1 Å². The molecule has 0 fully saturated rings. The van der Waals surface area contributed by atoms with E-state index in [1.807, 2.05) is 60.0 Å². The molecule has 0 spiro atoms. The van der Waals surface area contributed by atoms with Crippen LogP contribution >= 0.6 is 0 Å². The molecule has 0 aliphatic heterocycles. The van der Waals surface area contributed by atoms with Crippen LogP contribution < -0.4 is 5.73 Å².